The quantitative estimate of drug-likeness (QED) is 0.550. The SMILES string of the molecule is COc1ccc(C)cc1.Cc1ccc(Cl)cc1.Cc1cccc(O)c1. The topological polar surface area (TPSA) is 29.5 Å². The van der Waals surface area contributed by atoms with E-state index in [1.54, 1.807) is 19.2 Å². The molecule has 0 aliphatic carbocycles. The normalized spacial score (nSPS) is 9.16. The highest BCUT2D eigenvalue weighted by Gasteiger charge is 1.86. The van der Waals surface area contributed by atoms with Crippen molar-refractivity contribution in [3.05, 3.63) is 94.5 Å². The zero-order chi connectivity index (χ0) is 18.7. The minimum Gasteiger partial charge on any atom is -0.508 e. The average molecular weight is 357 g/mol. The molecule has 0 saturated carbocycles. The molecule has 0 fully saturated rings. The molecular weight excluding hydrogens is 332 g/mol. The first-order valence-corrected chi connectivity index (χ1v) is 8.37. The summed E-state index contributed by atoms with van der Waals surface area (Å²) in [4.78, 5) is 0. The third-order valence-corrected chi connectivity index (χ3v) is 3.52. The summed E-state index contributed by atoms with van der Waals surface area (Å²) in [7, 11) is 1.67. The highest BCUT2D eigenvalue weighted by molar-refractivity contribution is 6.30. The summed E-state index contributed by atoms with van der Waals surface area (Å²) < 4.78 is 4.97. The van der Waals surface area contributed by atoms with Crippen LogP contribution in [0.15, 0.2) is 72.8 Å². The second kappa shape index (κ2) is 11.2. The van der Waals surface area contributed by atoms with Crippen molar-refractivity contribution < 1.29 is 9.84 Å². The van der Waals surface area contributed by atoms with Gasteiger partial charge in [0, 0.05) is 5.02 Å². The molecule has 0 radical (unpaired) electrons. The maximum absolute atomic E-state index is 8.81. The Balaban J connectivity index is 0.000000188. The summed E-state index contributed by atoms with van der Waals surface area (Å²) in [5.41, 5.74) is 3.59. The molecule has 0 bridgehead atoms. The number of methoxy groups -OCH3 is 1. The summed E-state index contributed by atoms with van der Waals surface area (Å²) in [6, 6.07) is 22.9. The molecule has 0 aliphatic heterocycles. The van der Waals surface area contributed by atoms with Gasteiger partial charge in [0.15, 0.2) is 0 Å². The van der Waals surface area contributed by atoms with Gasteiger partial charge >= 0.3 is 0 Å². The Hall–Kier alpha value is -2.45. The van der Waals surface area contributed by atoms with Crippen LogP contribution in [-0.4, -0.2) is 12.2 Å². The summed E-state index contributed by atoms with van der Waals surface area (Å²) in [6.07, 6.45) is 0. The van der Waals surface area contributed by atoms with Gasteiger partial charge in [0.2, 0.25) is 0 Å². The lowest BCUT2D eigenvalue weighted by Crippen LogP contribution is -1.80. The van der Waals surface area contributed by atoms with Crippen molar-refractivity contribution in [3.63, 3.8) is 0 Å². The van der Waals surface area contributed by atoms with Crippen molar-refractivity contribution >= 4 is 11.6 Å². The zero-order valence-corrected chi connectivity index (χ0v) is 15.9. The van der Waals surface area contributed by atoms with Gasteiger partial charge in [-0.3, -0.25) is 0 Å². The van der Waals surface area contributed by atoms with E-state index >= 15 is 0 Å². The van der Waals surface area contributed by atoms with Gasteiger partial charge in [-0.15, -0.1) is 0 Å². The van der Waals surface area contributed by atoms with Gasteiger partial charge in [-0.2, -0.15) is 0 Å². The third-order valence-electron chi connectivity index (χ3n) is 3.27. The van der Waals surface area contributed by atoms with Crippen LogP contribution in [0.2, 0.25) is 5.02 Å². The number of phenolic OH excluding ortho intramolecular Hbond substituents is 1. The molecule has 0 aromatic heterocycles. The Morgan fingerprint density at radius 1 is 0.720 bits per heavy atom. The van der Waals surface area contributed by atoms with E-state index in [2.05, 4.69) is 6.92 Å². The standard InChI is InChI=1S/C8H10O.C7H7Cl.C7H8O/c1-7-3-5-8(9-2)6-4-7;1-6-2-4-7(8)5-3-6;1-6-3-2-4-7(8)5-6/h3-6H,1-2H3;2-5H,1H3;2-5,8H,1H3. The van der Waals surface area contributed by atoms with Crippen molar-refractivity contribution in [2.45, 2.75) is 20.8 Å². The first-order chi connectivity index (χ1) is 11.9. The van der Waals surface area contributed by atoms with E-state index in [-0.39, 0.29) is 0 Å². The van der Waals surface area contributed by atoms with E-state index in [1.165, 1.54) is 11.1 Å². The molecule has 0 atom stereocenters. The second-order valence-electron chi connectivity index (χ2n) is 5.65. The van der Waals surface area contributed by atoms with Crippen LogP contribution in [0.25, 0.3) is 0 Å². The van der Waals surface area contributed by atoms with Gasteiger partial charge in [0.05, 0.1) is 7.11 Å². The zero-order valence-electron chi connectivity index (χ0n) is 15.2. The fraction of sp³-hybridized carbons (Fsp3) is 0.182. The number of halogens is 1. The highest BCUT2D eigenvalue weighted by Crippen LogP contribution is 2.10. The molecule has 3 aromatic carbocycles. The summed E-state index contributed by atoms with van der Waals surface area (Å²) in [5, 5.41) is 9.61. The van der Waals surface area contributed by atoms with Gasteiger partial charge in [0.25, 0.3) is 0 Å². The number of benzene rings is 3. The minimum atomic E-state index is 0.338. The Morgan fingerprint density at radius 3 is 1.60 bits per heavy atom. The Morgan fingerprint density at radius 2 is 1.24 bits per heavy atom. The van der Waals surface area contributed by atoms with Crippen LogP contribution in [0.4, 0.5) is 0 Å². The van der Waals surface area contributed by atoms with Crippen LogP contribution in [0.3, 0.4) is 0 Å². The van der Waals surface area contributed by atoms with Gasteiger partial charge in [-0.25, -0.2) is 0 Å². The molecule has 0 aliphatic rings. The molecular formula is C22H25ClO2. The van der Waals surface area contributed by atoms with Gasteiger partial charge in [-0.05, 0) is 62.7 Å². The van der Waals surface area contributed by atoms with E-state index < -0.39 is 0 Å². The van der Waals surface area contributed by atoms with Crippen LogP contribution < -0.4 is 4.74 Å². The molecule has 25 heavy (non-hydrogen) atoms. The van der Waals surface area contributed by atoms with Gasteiger partial charge in [-0.1, -0.05) is 59.1 Å². The van der Waals surface area contributed by atoms with Crippen LogP contribution in [-0.2, 0) is 0 Å². The van der Waals surface area contributed by atoms with E-state index in [0.29, 0.717) is 5.75 Å². The summed E-state index contributed by atoms with van der Waals surface area (Å²) in [6.45, 7) is 6.04. The molecule has 3 rings (SSSR count). The van der Waals surface area contributed by atoms with Gasteiger partial charge < -0.3 is 9.84 Å². The van der Waals surface area contributed by atoms with Crippen molar-refractivity contribution in [1.82, 2.24) is 0 Å². The molecule has 0 spiro atoms. The van der Waals surface area contributed by atoms with E-state index in [4.69, 9.17) is 21.4 Å². The first kappa shape index (κ1) is 20.6. The minimum absolute atomic E-state index is 0.338. The maximum atomic E-state index is 8.81. The predicted molar refractivity (Wildman–Crippen MR) is 107 cm³/mol. The molecule has 0 saturated heterocycles. The number of aryl methyl sites for hydroxylation is 3. The van der Waals surface area contributed by atoms with Crippen molar-refractivity contribution in [3.8, 4) is 11.5 Å². The number of aromatic hydroxyl groups is 1. The van der Waals surface area contributed by atoms with Crippen LogP contribution in [0.5, 0.6) is 11.5 Å². The van der Waals surface area contributed by atoms with E-state index in [0.717, 1.165) is 16.3 Å². The lowest BCUT2D eigenvalue weighted by molar-refractivity contribution is 0.414. The third kappa shape index (κ3) is 9.43. The van der Waals surface area contributed by atoms with Crippen LogP contribution in [0, 0.1) is 20.8 Å². The van der Waals surface area contributed by atoms with E-state index in [9.17, 15) is 0 Å². The molecule has 0 unspecified atom stereocenters. The lowest BCUT2D eigenvalue weighted by Gasteiger charge is -1.97. The fourth-order valence-corrected chi connectivity index (χ4v) is 1.96. The fourth-order valence-electron chi connectivity index (χ4n) is 1.84. The van der Waals surface area contributed by atoms with Crippen molar-refractivity contribution in [2.24, 2.45) is 0 Å². The molecule has 2 nitrogen and oxygen atoms in total. The molecule has 0 heterocycles. The van der Waals surface area contributed by atoms with Crippen LogP contribution in [0.1, 0.15) is 16.7 Å². The molecule has 132 valence electrons. The Bertz CT molecular complexity index is 696. The Labute approximate surface area is 155 Å². The smallest absolute Gasteiger partial charge is 0.118 e. The number of phenols is 1. The van der Waals surface area contributed by atoms with Crippen molar-refractivity contribution in [2.75, 3.05) is 7.11 Å². The van der Waals surface area contributed by atoms with E-state index in [1.807, 2.05) is 74.5 Å². The average Bonchev–Trinajstić information content (AvgIpc) is 2.59. The molecule has 3 aromatic rings. The largest absolute Gasteiger partial charge is 0.508 e. The summed E-state index contributed by atoms with van der Waals surface area (Å²) >= 11 is 5.61. The summed E-state index contributed by atoms with van der Waals surface area (Å²) in [5.74, 6) is 1.26. The molecule has 0 amide bonds. The second-order valence-corrected chi connectivity index (χ2v) is 6.09. The highest BCUT2D eigenvalue weighted by atomic mass is 35.5. The lowest BCUT2D eigenvalue weighted by atomic mass is 10.2. The number of hydrogen-bond donors (Lipinski definition) is 1. The number of ether oxygens (including phenoxy) is 1. The number of hydrogen-bond acceptors (Lipinski definition) is 2. The number of rotatable bonds is 1. The first-order valence-electron chi connectivity index (χ1n) is 7.99. The molecule has 3 heteroatoms. The van der Waals surface area contributed by atoms with Crippen molar-refractivity contribution in [1.29, 1.82) is 0 Å². The predicted octanol–water partition coefficient (Wildman–Crippen LogP) is 6.35. The van der Waals surface area contributed by atoms with Gasteiger partial charge in [0.1, 0.15) is 11.5 Å². The monoisotopic (exact) mass is 356 g/mol. The Kier molecular flexibility index (Phi) is 9.20. The maximum Gasteiger partial charge on any atom is 0.118 e. The molecule has 1 N–H and O–H groups in total. The van der Waals surface area contributed by atoms with Crippen LogP contribution >= 0.6 is 11.6 Å².